The van der Waals surface area contributed by atoms with E-state index in [0.29, 0.717) is 0 Å². The second-order valence-electron chi connectivity index (χ2n) is 6.15. The average molecular weight is 329 g/mol. The van der Waals surface area contributed by atoms with Crippen molar-refractivity contribution >= 4 is 11.6 Å². The Morgan fingerprint density at radius 2 is 1.68 bits per heavy atom. The highest BCUT2D eigenvalue weighted by Crippen LogP contribution is 2.44. The van der Waals surface area contributed by atoms with E-state index in [4.69, 9.17) is 4.74 Å². The number of carbonyl (C=O) groups is 1. The predicted molar refractivity (Wildman–Crippen MR) is 99.5 cm³/mol. The summed E-state index contributed by atoms with van der Waals surface area (Å²) < 4.78 is 5.24. The standard InChI is InChI=1S/C22H19NO2/c1-25-18-14-12-17(13-15-18)23-20-11-7-3-6-10-19(20)21(22(23)24)16-8-4-2-5-9-16/h2-15,19,21H,1H3. The van der Waals surface area contributed by atoms with Crippen molar-refractivity contribution in [3.05, 3.63) is 96.2 Å². The molecule has 2 aliphatic rings. The molecule has 0 saturated carbocycles. The second-order valence-corrected chi connectivity index (χ2v) is 6.15. The molecule has 1 aliphatic heterocycles. The first kappa shape index (κ1) is 15.5. The number of rotatable bonds is 3. The van der Waals surface area contributed by atoms with E-state index in [1.54, 1.807) is 7.11 Å². The van der Waals surface area contributed by atoms with E-state index in [0.717, 1.165) is 22.7 Å². The molecule has 2 unspecified atom stereocenters. The van der Waals surface area contributed by atoms with Crippen LogP contribution in [0.4, 0.5) is 5.69 Å². The molecule has 1 saturated heterocycles. The first-order chi connectivity index (χ1) is 12.3. The third kappa shape index (κ3) is 2.68. The SMILES string of the molecule is COc1ccc(N2C(=O)C(c3ccccc3)C3C=CC=CC=C32)cc1. The Bertz CT molecular complexity index is 863. The van der Waals surface area contributed by atoms with E-state index in [2.05, 4.69) is 6.08 Å². The van der Waals surface area contributed by atoms with Crippen LogP contribution in [0.5, 0.6) is 5.75 Å². The molecule has 1 fully saturated rings. The topological polar surface area (TPSA) is 29.5 Å². The minimum absolute atomic E-state index is 0.0343. The highest BCUT2D eigenvalue weighted by atomic mass is 16.5. The fourth-order valence-electron chi connectivity index (χ4n) is 3.56. The normalized spacial score (nSPS) is 21.7. The van der Waals surface area contributed by atoms with Crippen LogP contribution in [0.3, 0.4) is 0 Å². The molecule has 2 aromatic carbocycles. The first-order valence-electron chi connectivity index (χ1n) is 8.37. The van der Waals surface area contributed by atoms with Gasteiger partial charge in [-0.15, -0.1) is 0 Å². The van der Waals surface area contributed by atoms with Crippen molar-refractivity contribution in [2.24, 2.45) is 5.92 Å². The quantitative estimate of drug-likeness (QED) is 0.832. The molecule has 4 rings (SSSR count). The fraction of sp³-hybridized carbons (Fsp3) is 0.136. The van der Waals surface area contributed by atoms with E-state index in [1.807, 2.05) is 83.8 Å². The molecule has 0 spiro atoms. The first-order valence-corrected chi connectivity index (χ1v) is 8.37. The van der Waals surface area contributed by atoms with E-state index in [-0.39, 0.29) is 17.7 Å². The lowest BCUT2D eigenvalue weighted by Gasteiger charge is -2.19. The van der Waals surface area contributed by atoms with Crippen molar-refractivity contribution in [3.63, 3.8) is 0 Å². The van der Waals surface area contributed by atoms with Gasteiger partial charge < -0.3 is 4.74 Å². The Morgan fingerprint density at radius 3 is 2.40 bits per heavy atom. The molecule has 1 heterocycles. The van der Waals surface area contributed by atoms with Crippen LogP contribution in [-0.2, 0) is 4.79 Å². The molecule has 1 amide bonds. The van der Waals surface area contributed by atoms with Gasteiger partial charge >= 0.3 is 0 Å². The Labute approximate surface area is 147 Å². The number of hydrogen-bond acceptors (Lipinski definition) is 2. The Hall–Kier alpha value is -3.07. The van der Waals surface area contributed by atoms with Crippen LogP contribution in [0.25, 0.3) is 0 Å². The van der Waals surface area contributed by atoms with Gasteiger partial charge in [-0.1, -0.05) is 54.6 Å². The molecule has 124 valence electrons. The third-order valence-electron chi connectivity index (χ3n) is 4.74. The zero-order valence-corrected chi connectivity index (χ0v) is 14.0. The highest BCUT2D eigenvalue weighted by Gasteiger charge is 2.44. The molecule has 2 atom stereocenters. The van der Waals surface area contributed by atoms with Gasteiger partial charge in [0.2, 0.25) is 5.91 Å². The van der Waals surface area contributed by atoms with Gasteiger partial charge in [0.05, 0.1) is 13.0 Å². The van der Waals surface area contributed by atoms with E-state index in [1.165, 1.54) is 0 Å². The van der Waals surface area contributed by atoms with Crippen molar-refractivity contribution in [1.29, 1.82) is 0 Å². The summed E-state index contributed by atoms with van der Waals surface area (Å²) in [5.41, 5.74) is 2.92. The molecule has 1 aliphatic carbocycles. The predicted octanol–water partition coefficient (Wildman–Crippen LogP) is 4.45. The van der Waals surface area contributed by atoms with Crippen molar-refractivity contribution in [2.75, 3.05) is 12.0 Å². The molecular weight excluding hydrogens is 310 g/mol. The zero-order valence-electron chi connectivity index (χ0n) is 14.0. The summed E-state index contributed by atoms with van der Waals surface area (Å²) in [5, 5.41) is 0. The molecular formula is C22H19NO2. The monoisotopic (exact) mass is 329 g/mol. The molecule has 3 nitrogen and oxygen atoms in total. The number of nitrogens with zero attached hydrogens (tertiary/aromatic N) is 1. The molecule has 2 aromatic rings. The average Bonchev–Trinajstić information content (AvgIpc) is 2.79. The maximum atomic E-state index is 13.3. The van der Waals surface area contributed by atoms with Crippen molar-refractivity contribution in [3.8, 4) is 5.75 Å². The van der Waals surface area contributed by atoms with E-state index < -0.39 is 0 Å². The van der Waals surface area contributed by atoms with Crippen LogP contribution in [0.1, 0.15) is 11.5 Å². The third-order valence-corrected chi connectivity index (χ3v) is 4.74. The van der Waals surface area contributed by atoms with Gasteiger partial charge in [0, 0.05) is 17.3 Å². The van der Waals surface area contributed by atoms with E-state index in [9.17, 15) is 4.79 Å². The minimum atomic E-state index is -0.203. The van der Waals surface area contributed by atoms with Crippen LogP contribution in [-0.4, -0.2) is 13.0 Å². The summed E-state index contributed by atoms with van der Waals surface area (Å²) >= 11 is 0. The van der Waals surface area contributed by atoms with Crippen LogP contribution in [0.2, 0.25) is 0 Å². The van der Waals surface area contributed by atoms with Gasteiger partial charge in [-0.3, -0.25) is 9.69 Å². The molecule has 0 aromatic heterocycles. The van der Waals surface area contributed by atoms with Crippen LogP contribution in [0, 0.1) is 5.92 Å². The van der Waals surface area contributed by atoms with Crippen LogP contribution >= 0.6 is 0 Å². The van der Waals surface area contributed by atoms with Gasteiger partial charge in [0.15, 0.2) is 0 Å². The lowest BCUT2D eigenvalue weighted by molar-refractivity contribution is -0.118. The molecule has 0 radical (unpaired) electrons. The lowest BCUT2D eigenvalue weighted by Crippen LogP contribution is -2.25. The maximum Gasteiger partial charge on any atom is 0.239 e. The van der Waals surface area contributed by atoms with Gasteiger partial charge in [0.25, 0.3) is 0 Å². The largest absolute Gasteiger partial charge is 0.497 e. The smallest absolute Gasteiger partial charge is 0.239 e. The highest BCUT2D eigenvalue weighted by molar-refractivity contribution is 6.05. The summed E-state index contributed by atoms with van der Waals surface area (Å²) in [6.45, 7) is 0. The summed E-state index contributed by atoms with van der Waals surface area (Å²) in [7, 11) is 1.64. The Balaban J connectivity index is 1.81. The number of carbonyl (C=O) groups excluding carboxylic acids is 1. The Morgan fingerprint density at radius 1 is 0.920 bits per heavy atom. The lowest BCUT2D eigenvalue weighted by atomic mass is 9.87. The minimum Gasteiger partial charge on any atom is -0.497 e. The molecule has 3 heteroatoms. The summed E-state index contributed by atoms with van der Waals surface area (Å²) in [4.78, 5) is 15.2. The Kier molecular flexibility index (Phi) is 3.98. The molecule has 0 N–H and O–H groups in total. The van der Waals surface area contributed by atoms with E-state index >= 15 is 0 Å². The summed E-state index contributed by atoms with van der Waals surface area (Å²) in [5.74, 6) is 0.714. The number of allylic oxidation sites excluding steroid dienone is 5. The van der Waals surface area contributed by atoms with Crippen LogP contribution < -0.4 is 9.64 Å². The number of benzene rings is 2. The van der Waals surface area contributed by atoms with Gasteiger partial charge in [-0.25, -0.2) is 0 Å². The van der Waals surface area contributed by atoms with Crippen molar-refractivity contribution < 1.29 is 9.53 Å². The zero-order chi connectivity index (χ0) is 17.2. The number of ether oxygens (including phenoxy) is 1. The molecule has 0 bridgehead atoms. The number of amides is 1. The number of anilines is 1. The van der Waals surface area contributed by atoms with Crippen molar-refractivity contribution in [1.82, 2.24) is 0 Å². The van der Waals surface area contributed by atoms with Gasteiger partial charge in [0.1, 0.15) is 5.75 Å². The fourth-order valence-corrected chi connectivity index (χ4v) is 3.56. The summed E-state index contributed by atoms with van der Waals surface area (Å²) in [6, 6.07) is 17.6. The van der Waals surface area contributed by atoms with Crippen LogP contribution in [0.15, 0.2) is 90.7 Å². The van der Waals surface area contributed by atoms with Crippen molar-refractivity contribution in [2.45, 2.75) is 5.92 Å². The maximum absolute atomic E-state index is 13.3. The number of methoxy groups -OCH3 is 1. The van der Waals surface area contributed by atoms with Gasteiger partial charge in [-0.05, 0) is 35.9 Å². The summed E-state index contributed by atoms with van der Waals surface area (Å²) in [6.07, 6.45) is 10.2. The second kappa shape index (κ2) is 6.44. The molecule has 25 heavy (non-hydrogen) atoms. The van der Waals surface area contributed by atoms with Gasteiger partial charge in [-0.2, -0.15) is 0 Å². The number of hydrogen-bond donors (Lipinski definition) is 0. The number of fused-ring (bicyclic) bond motifs is 1.